The monoisotopic (exact) mass is 257 g/mol. The fourth-order valence-electron chi connectivity index (χ4n) is 2.17. The predicted octanol–water partition coefficient (Wildman–Crippen LogP) is 1.00. The number of hydrogen-bond acceptors (Lipinski definition) is 3. The fraction of sp³-hybridized carbons (Fsp3) is 0.750. The predicted molar refractivity (Wildman–Crippen MR) is 63.0 cm³/mol. The Morgan fingerprint density at radius 2 is 1.78 bits per heavy atom. The molecule has 1 atom stereocenters. The summed E-state index contributed by atoms with van der Waals surface area (Å²) >= 11 is 0. The first-order valence-corrected chi connectivity index (χ1v) is 6.14. The van der Waals surface area contributed by atoms with Crippen LogP contribution in [-0.4, -0.2) is 33.6 Å². The van der Waals surface area contributed by atoms with Crippen LogP contribution in [0, 0.1) is 5.92 Å². The molecule has 3 N–H and O–H groups in total. The number of carbonyl (C=O) groups excluding carboxylic acids is 1. The summed E-state index contributed by atoms with van der Waals surface area (Å²) in [5.74, 6) is -2.93. The molecule has 0 saturated heterocycles. The van der Waals surface area contributed by atoms with E-state index in [2.05, 4.69) is 5.32 Å². The molecular formula is C12H19NO5. The van der Waals surface area contributed by atoms with Gasteiger partial charge in [0, 0.05) is 6.42 Å². The summed E-state index contributed by atoms with van der Waals surface area (Å²) in [6.07, 6.45) is 2.74. The second-order valence-corrected chi connectivity index (χ2v) is 4.92. The summed E-state index contributed by atoms with van der Waals surface area (Å²) in [5, 5.41) is 20.4. The Balaban J connectivity index is 2.48. The number of carboxylic acids is 2. The van der Waals surface area contributed by atoms with Crippen molar-refractivity contribution in [1.82, 2.24) is 5.32 Å². The zero-order chi connectivity index (χ0) is 13.8. The zero-order valence-electron chi connectivity index (χ0n) is 10.4. The van der Waals surface area contributed by atoms with Crippen LogP contribution < -0.4 is 5.32 Å². The molecule has 0 spiro atoms. The summed E-state index contributed by atoms with van der Waals surface area (Å²) in [7, 11) is 0. The van der Waals surface area contributed by atoms with Crippen LogP contribution in [0.25, 0.3) is 0 Å². The molecule has 0 aromatic carbocycles. The topological polar surface area (TPSA) is 104 Å². The SMILES string of the molecule is CC(CCC(=O)NC1(C(=O)O)CCCC1)C(=O)O. The average Bonchev–Trinajstić information content (AvgIpc) is 2.75. The van der Waals surface area contributed by atoms with Gasteiger partial charge in [-0.3, -0.25) is 9.59 Å². The van der Waals surface area contributed by atoms with Crippen LogP contribution in [0.4, 0.5) is 0 Å². The molecule has 1 aliphatic rings. The van der Waals surface area contributed by atoms with E-state index in [0.29, 0.717) is 12.8 Å². The van der Waals surface area contributed by atoms with Gasteiger partial charge in [0.15, 0.2) is 0 Å². The lowest BCUT2D eigenvalue weighted by molar-refractivity contribution is -0.147. The van der Waals surface area contributed by atoms with Crippen molar-refractivity contribution in [2.45, 2.75) is 51.0 Å². The quantitative estimate of drug-likeness (QED) is 0.658. The van der Waals surface area contributed by atoms with Crippen LogP contribution in [-0.2, 0) is 14.4 Å². The minimum atomic E-state index is -1.14. The maximum atomic E-state index is 11.7. The number of amides is 1. The van der Waals surface area contributed by atoms with Crippen LogP contribution >= 0.6 is 0 Å². The highest BCUT2D eigenvalue weighted by atomic mass is 16.4. The van der Waals surface area contributed by atoms with Gasteiger partial charge in [-0.05, 0) is 19.3 Å². The van der Waals surface area contributed by atoms with Crippen LogP contribution in [0.1, 0.15) is 45.4 Å². The van der Waals surface area contributed by atoms with Gasteiger partial charge in [-0.2, -0.15) is 0 Å². The molecule has 0 aliphatic heterocycles. The van der Waals surface area contributed by atoms with E-state index in [4.69, 9.17) is 10.2 Å². The smallest absolute Gasteiger partial charge is 0.329 e. The van der Waals surface area contributed by atoms with Gasteiger partial charge < -0.3 is 15.5 Å². The molecule has 1 saturated carbocycles. The third-order valence-corrected chi connectivity index (χ3v) is 3.47. The summed E-state index contributed by atoms with van der Waals surface area (Å²) in [4.78, 5) is 33.5. The Morgan fingerprint density at radius 3 is 2.22 bits per heavy atom. The fourth-order valence-corrected chi connectivity index (χ4v) is 2.17. The summed E-state index contributed by atoms with van der Waals surface area (Å²) in [6.45, 7) is 1.53. The molecule has 1 amide bonds. The Morgan fingerprint density at radius 1 is 1.22 bits per heavy atom. The number of rotatable bonds is 6. The standard InChI is InChI=1S/C12H19NO5/c1-8(10(15)16)4-5-9(14)13-12(11(17)18)6-2-3-7-12/h8H,2-7H2,1H3,(H,13,14)(H,15,16)(H,17,18). The maximum absolute atomic E-state index is 11.7. The van der Waals surface area contributed by atoms with E-state index in [0.717, 1.165) is 12.8 Å². The molecule has 1 fully saturated rings. The molecule has 6 nitrogen and oxygen atoms in total. The van der Waals surface area contributed by atoms with Crippen molar-refractivity contribution in [3.63, 3.8) is 0 Å². The van der Waals surface area contributed by atoms with Gasteiger partial charge in [0.1, 0.15) is 5.54 Å². The lowest BCUT2D eigenvalue weighted by Gasteiger charge is -2.25. The molecule has 6 heteroatoms. The highest BCUT2D eigenvalue weighted by molar-refractivity contribution is 5.87. The van der Waals surface area contributed by atoms with Crippen LogP contribution in [0.2, 0.25) is 0 Å². The van der Waals surface area contributed by atoms with Gasteiger partial charge >= 0.3 is 11.9 Å². The first-order valence-electron chi connectivity index (χ1n) is 6.14. The molecule has 1 unspecified atom stereocenters. The van der Waals surface area contributed by atoms with Crippen LogP contribution in [0.5, 0.6) is 0 Å². The second kappa shape index (κ2) is 5.84. The zero-order valence-corrected chi connectivity index (χ0v) is 10.4. The molecule has 18 heavy (non-hydrogen) atoms. The van der Waals surface area contributed by atoms with Gasteiger partial charge in [-0.25, -0.2) is 4.79 Å². The van der Waals surface area contributed by atoms with Crippen molar-refractivity contribution in [3.8, 4) is 0 Å². The third-order valence-electron chi connectivity index (χ3n) is 3.47. The molecule has 1 rings (SSSR count). The maximum Gasteiger partial charge on any atom is 0.329 e. The average molecular weight is 257 g/mol. The molecule has 0 aromatic rings. The number of hydrogen-bond donors (Lipinski definition) is 3. The Kier molecular flexibility index (Phi) is 4.69. The minimum absolute atomic E-state index is 0.0441. The molecule has 0 aromatic heterocycles. The van der Waals surface area contributed by atoms with E-state index in [1.165, 1.54) is 6.92 Å². The molecule has 0 bridgehead atoms. The van der Waals surface area contributed by atoms with Crippen molar-refractivity contribution in [2.24, 2.45) is 5.92 Å². The molecule has 102 valence electrons. The molecule has 0 heterocycles. The summed E-state index contributed by atoms with van der Waals surface area (Å²) in [5.41, 5.74) is -1.14. The van der Waals surface area contributed by atoms with Gasteiger partial charge in [0.2, 0.25) is 5.91 Å². The van der Waals surface area contributed by atoms with E-state index >= 15 is 0 Å². The lowest BCUT2D eigenvalue weighted by Crippen LogP contribution is -2.52. The summed E-state index contributed by atoms with van der Waals surface area (Å²) < 4.78 is 0. The molecular weight excluding hydrogens is 238 g/mol. The van der Waals surface area contributed by atoms with Gasteiger partial charge in [-0.1, -0.05) is 19.8 Å². The highest BCUT2D eigenvalue weighted by Crippen LogP contribution is 2.30. The first-order chi connectivity index (χ1) is 8.37. The van der Waals surface area contributed by atoms with Gasteiger partial charge in [-0.15, -0.1) is 0 Å². The van der Waals surface area contributed by atoms with Gasteiger partial charge in [0.25, 0.3) is 0 Å². The van der Waals surface area contributed by atoms with Crippen molar-refractivity contribution < 1.29 is 24.6 Å². The first kappa shape index (κ1) is 14.5. The van der Waals surface area contributed by atoms with E-state index < -0.39 is 23.4 Å². The van der Waals surface area contributed by atoms with Crippen molar-refractivity contribution >= 4 is 17.8 Å². The lowest BCUT2D eigenvalue weighted by atomic mass is 9.97. The second-order valence-electron chi connectivity index (χ2n) is 4.92. The molecule has 0 radical (unpaired) electrons. The number of nitrogens with one attached hydrogen (secondary N) is 1. The van der Waals surface area contributed by atoms with Crippen molar-refractivity contribution in [3.05, 3.63) is 0 Å². The number of carboxylic acid groups (broad SMARTS) is 2. The minimum Gasteiger partial charge on any atom is -0.481 e. The van der Waals surface area contributed by atoms with Crippen molar-refractivity contribution in [1.29, 1.82) is 0 Å². The van der Waals surface area contributed by atoms with E-state index in [-0.39, 0.29) is 18.7 Å². The van der Waals surface area contributed by atoms with E-state index in [1.807, 2.05) is 0 Å². The Hall–Kier alpha value is -1.59. The van der Waals surface area contributed by atoms with Crippen molar-refractivity contribution in [2.75, 3.05) is 0 Å². The third kappa shape index (κ3) is 3.45. The normalized spacial score (nSPS) is 19.2. The number of carbonyl (C=O) groups is 3. The highest BCUT2D eigenvalue weighted by Gasteiger charge is 2.42. The Labute approximate surface area is 105 Å². The van der Waals surface area contributed by atoms with Gasteiger partial charge in [0.05, 0.1) is 5.92 Å². The molecule has 1 aliphatic carbocycles. The van der Waals surface area contributed by atoms with Crippen LogP contribution in [0.15, 0.2) is 0 Å². The number of aliphatic carboxylic acids is 2. The largest absolute Gasteiger partial charge is 0.481 e. The van der Waals surface area contributed by atoms with E-state index in [9.17, 15) is 14.4 Å². The Bertz CT molecular complexity index is 346. The van der Waals surface area contributed by atoms with E-state index in [1.54, 1.807) is 0 Å². The van der Waals surface area contributed by atoms with Crippen LogP contribution in [0.3, 0.4) is 0 Å². The summed E-state index contributed by atoms with van der Waals surface area (Å²) in [6, 6.07) is 0.